The molecule has 0 aliphatic carbocycles. The highest BCUT2D eigenvalue weighted by atomic mass is 19.1. The average Bonchev–Trinajstić information content (AvgIpc) is 2.90. The number of nitrogens with zero attached hydrogens (tertiary/aromatic N) is 2. The van der Waals surface area contributed by atoms with Gasteiger partial charge in [-0.15, -0.1) is 0 Å². The van der Waals surface area contributed by atoms with Gasteiger partial charge in [0.2, 0.25) is 0 Å². The van der Waals surface area contributed by atoms with Crippen molar-refractivity contribution in [3.05, 3.63) is 47.5 Å². The fourth-order valence-corrected chi connectivity index (χ4v) is 2.61. The maximum absolute atomic E-state index is 13.3. The van der Waals surface area contributed by atoms with E-state index in [0.29, 0.717) is 19.5 Å². The number of fused-ring (bicyclic) bond motifs is 1. The Hall–Kier alpha value is -2.37. The number of aromatic amines is 1. The van der Waals surface area contributed by atoms with E-state index in [9.17, 15) is 14.3 Å². The van der Waals surface area contributed by atoms with E-state index in [4.69, 9.17) is 0 Å². The molecule has 2 N–H and O–H groups in total. The summed E-state index contributed by atoms with van der Waals surface area (Å²) in [7, 11) is 0. The van der Waals surface area contributed by atoms with Crippen LogP contribution in [-0.2, 0) is 17.8 Å². The van der Waals surface area contributed by atoms with E-state index in [0.717, 1.165) is 16.9 Å². The Morgan fingerprint density at radius 3 is 3.05 bits per heavy atom. The SMILES string of the molecule is O=C(O)C1Cc2cc(F)ccc2N(Cc2ccn[nH]2)C1. The lowest BCUT2D eigenvalue weighted by Crippen LogP contribution is -2.38. The highest BCUT2D eigenvalue weighted by molar-refractivity contribution is 5.74. The molecule has 2 heterocycles. The summed E-state index contributed by atoms with van der Waals surface area (Å²) in [4.78, 5) is 13.2. The van der Waals surface area contributed by atoms with Gasteiger partial charge in [0.25, 0.3) is 0 Å². The molecule has 1 aromatic heterocycles. The zero-order chi connectivity index (χ0) is 14.1. The second-order valence-corrected chi connectivity index (χ2v) is 4.97. The van der Waals surface area contributed by atoms with E-state index in [2.05, 4.69) is 10.2 Å². The lowest BCUT2D eigenvalue weighted by Gasteiger charge is -2.34. The van der Waals surface area contributed by atoms with Gasteiger partial charge in [-0.2, -0.15) is 5.10 Å². The Bertz CT molecular complexity index is 627. The Morgan fingerprint density at radius 2 is 2.35 bits per heavy atom. The smallest absolute Gasteiger partial charge is 0.308 e. The van der Waals surface area contributed by atoms with Gasteiger partial charge in [0.05, 0.1) is 18.2 Å². The third kappa shape index (κ3) is 2.36. The molecule has 0 bridgehead atoms. The zero-order valence-corrected chi connectivity index (χ0v) is 10.7. The molecule has 0 spiro atoms. The summed E-state index contributed by atoms with van der Waals surface area (Å²) in [5.74, 6) is -1.71. The maximum Gasteiger partial charge on any atom is 0.308 e. The van der Waals surface area contributed by atoms with Gasteiger partial charge in [-0.1, -0.05) is 0 Å². The first-order chi connectivity index (χ1) is 9.63. The van der Waals surface area contributed by atoms with Crippen molar-refractivity contribution in [2.75, 3.05) is 11.4 Å². The number of aliphatic carboxylic acids is 1. The van der Waals surface area contributed by atoms with Gasteiger partial charge in [0.1, 0.15) is 5.82 Å². The minimum absolute atomic E-state index is 0.337. The van der Waals surface area contributed by atoms with Crippen molar-refractivity contribution >= 4 is 11.7 Å². The molecular formula is C14H14FN3O2. The van der Waals surface area contributed by atoms with Crippen LogP contribution in [0.2, 0.25) is 0 Å². The second kappa shape index (κ2) is 4.96. The van der Waals surface area contributed by atoms with Crippen molar-refractivity contribution in [2.45, 2.75) is 13.0 Å². The first kappa shape index (κ1) is 12.7. The van der Waals surface area contributed by atoms with Gasteiger partial charge in [0, 0.05) is 18.4 Å². The van der Waals surface area contributed by atoms with Crippen LogP contribution in [0.25, 0.3) is 0 Å². The number of hydrogen-bond donors (Lipinski definition) is 2. The molecule has 104 valence electrons. The third-order valence-corrected chi connectivity index (χ3v) is 3.56. The molecule has 0 saturated heterocycles. The maximum atomic E-state index is 13.3. The van der Waals surface area contributed by atoms with Crippen LogP contribution < -0.4 is 4.90 Å². The lowest BCUT2D eigenvalue weighted by atomic mass is 9.92. The molecule has 5 nitrogen and oxygen atoms in total. The number of aromatic nitrogens is 2. The third-order valence-electron chi connectivity index (χ3n) is 3.56. The molecule has 3 rings (SSSR count). The predicted molar refractivity (Wildman–Crippen MR) is 70.9 cm³/mol. The Morgan fingerprint density at radius 1 is 1.50 bits per heavy atom. The van der Waals surface area contributed by atoms with Crippen LogP contribution in [0.4, 0.5) is 10.1 Å². The molecule has 6 heteroatoms. The van der Waals surface area contributed by atoms with E-state index in [-0.39, 0.29) is 5.82 Å². The van der Waals surface area contributed by atoms with E-state index < -0.39 is 11.9 Å². The van der Waals surface area contributed by atoms with E-state index in [1.54, 1.807) is 12.3 Å². The van der Waals surface area contributed by atoms with Gasteiger partial charge in [-0.05, 0) is 36.2 Å². The van der Waals surface area contributed by atoms with Gasteiger partial charge in [-0.25, -0.2) is 4.39 Å². The molecule has 0 amide bonds. The summed E-state index contributed by atoms with van der Waals surface area (Å²) in [6.07, 6.45) is 2.02. The molecule has 0 radical (unpaired) electrons. The summed E-state index contributed by atoms with van der Waals surface area (Å²) < 4.78 is 13.3. The number of carbonyl (C=O) groups is 1. The number of carboxylic acids is 1. The van der Waals surface area contributed by atoms with Crippen LogP contribution in [-0.4, -0.2) is 27.8 Å². The number of hydrogen-bond acceptors (Lipinski definition) is 3. The number of rotatable bonds is 3. The minimum Gasteiger partial charge on any atom is -0.481 e. The van der Waals surface area contributed by atoms with Crippen LogP contribution in [0.15, 0.2) is 30.5 Å². The molecule has 1 aliphatic rings. The molecule has 1 atom stereocenters. The van der Waals surface area contributed by atoms with Crippen LogP contribution >= 0.6 is 0 Å². The van der Waals surface area contributed by atoms with Crippen molar-refractivity contribution in [1.82, 2.24) is 10.2 Å². The first-order valence-electron chi connectivity index (χ1n) is 6.38. The topological polar surface area (TPSA) is 69.2 Å². The summed E-state index contributed by atoms with van der Waals surface area (Å²) in [6.45, 7) is 0.940. The lowest BCUT2D eigenvalue weighted by molar-refractivity contribution is -0.141. The highest BCUT2D eigenvalue weighted by Crippen LogP contribution is 2.31. The standard InChI is InChI=1S/C14H14FN3O2/c15-11-1-2-13-9(6-11)5-10(14(19)20)7-18(13)8-12-3-4-16-17-12/h1-4,6,10H,5,7-8H2,(H,16,17)(H,19,20). The van der Waals surface area contributed by atoms with Crippen molar-refractivity contribution in [3.63, 3.8) is 0 Å². The number of halogens is 1. The molecular weight excluding hydrogens is 261 g/mol. The number of H-pyrrole nitrogens is 1. The van der Waals surface area contributed by atoms with Crippen LogP contribution in [0, 0.1) is 11.7 Å². The van der Waals surface area contributed by atoms with Crippen molar-refractivity contribution in [2.24, 2.45) is 5.92 Å². The Balaban J connectivity index is 1.94. The van der Waals surface area contributed by atoms with Gasteiger partial charge < -0.3 is 10.0 Å². The highest BCUT2D eigenvalue weighted by Gasteiger charge is 2.29. The molecule has 1 unspecified atom stereocenters. The fraction of sp³-hybridized carbons (Fsp3) is 0.286. The minimum atomic E-state index is -0.852. The normalized spacial score (nSPS) is 17.9. The number of nitrogens with one attached hydrogen (secondary N) is 1. The van der Waals surface area contributed by atoms with Crippen LogP contribution in [0.1, 0.15) is 11.3 Å². The monoisotopic (exact) mass is 275 g/mol. The van der Waals surface area contributed by atoms with Crippen molar-refractivity contribution in [1.29, 1.82) is 0 Å². The molecule has 1 aliphatic heterocycles. The summed E-state index contributed by atoms with van der Waals surface area (Å²) >= 11 is 0. The van der Waals surface area contributed by atoms with Crippen molar-refractivity contribution < 1.29 is 14.3 Å². The van der Waals surface area contributed by atoms with E-state index in [1.807, 2.05) is 11.0 Å². The fourth-order valence-electron chi connectivity index (χ4n) is 2.61. The van der Waals surface area contributed by atoms with Crippen LogP contribution in [0.5, 0.6) is 0 Å². The second-order valence-electron chi connectivity index (χ2n) is 4.97. The molecule has 2 aromatic rings. The number of anilines is 1. The summed E-state index contributed by atoms with van der Waals surface area (Å²) in [5, 5.41) is 16.0. The first-order valence-corrected chi connectivity index (χ1v) is 6.38. The molecule has 1 aromatic carbocycles. The predicted octanol–water partition coefficient (Wildman–Crippen LogP) is 1.81. The largest absolute Gasteiger partial charge is 0.481 e. The average molecular weight is 275 g/mol. The summed E-state index contributed by atoms with van der Waals surface area (Å²) in [5.41, 5.74) is 2.52. The van der Waals surface area contributed by atoms with E-state index >= 15 is 0 Å². The van der Waals surface area contributed by atoms with Gasteiger partial charge in [0.15, 0.2) is 0 Å². The number of carboxylic acid groups (broad SMARTS) is 1. The van der Waals surface area contributed by atoms with Crippen LogP contribution in [0.3, 0.4) is 0 Å². The summed E-state index contributed by atoms with van der Waals surface area (Å²) in [6, 6.07) is 6.37. The van der Waals surface area contributed by atoms with Gasteiger partial charge >= 0.3 is 5.97 Å². The van der Waals surface area contributed by atoms with Gasteiger partial charge in [-0.3, -0.25) is 9.89 Å². The van der Waals surface area contributed by atoms with E-state index in [1.165, 1.54) is 12.1 Å². The Labute approximate surface area is 115 Å². The number of benzene rings is 1. The zero-order valence-electron chi connectivity index (χ0n) is 10.7. The van der Waals surface area contributed by atoms with Crippen molar-refractivity contribution in [3.8, 4) is 0 Å². The Kier molecular flexibility index (Phi) is 3.14. The molecule has 0 saturated carbocycles. The molecule has 0 fully saturated rings. The quantitative estimate of drug-likeness (QED) is 0.896. The molecule has 20 heavy (non-hydrogen) atoms.